The maximum atomic E-state index is 11.7. The van der Waals surface area contributed by atoms with Crippen molar-refractivity contribution in [2.75, 3.05) is 5.75 Å². The Morgan fingerprint density at radius 3 is 2.61 bits per heavy atom. The smallest absolute Gasteiger partial charge is 0.230 e. The molecule has 4 nitrogen and oxygen atoms in total. The Labute approximate surface area is 113 Å². The van der Waals surface area contributed by atoms with Gasteiger partial charge in [-0.25, -0.2) is 0 Å². The molecule has 0 atom stereocenters. The van der Waals surface area contributed by atoms with E-state index >= 15 is 0 Å². The number of thioether (sulfide) groups is 1. The molecule has 1 aromatic heterocycles. The zero-order valence-electron chi connectivity index (χ0n) is 11.8. The van der Waals surface area contributed by atoms with E-state index in [2.05, 4.69) is 17.4 Å². The molecule has 0 fully saturated rings. The summed E-state index contributed by atoms with van der Waals surface area (Å²) in [5, 5.41) is 6.91. The lowest BCUT2D eigenvalue weighted by molar-refractivity contribution is -0.120. The molecule has 0 unspecified atom stereocenters. The summed E-state index contributed by atoms with van der Waals surface area (Å²) in [7, 11) is 0. The van der Waals surface area contributed by atoms with Crippen LogP contribution >= 0.6 is 11.8 Å². The number of carbonyl (C=O) groups excluding carboxylic acids is 1. The molecule has 1 N–H and O–H groups in total. The molecule has 1 heterocycles. The number of nitrogens with one attached hydrogen (secondary N) is 1. The third-order valence-electron chi connectivity index (χ3n) is 3.02. The molecule has 102 valence electrons. The van der Waals surface area contributed by atoms with Crippen molar-refractivity contribution in [3.63, 3.8) is 0 Å². The van der Waals surface area contributed by atoms with Gasteiger partial charge in [0.1, 0.15) is 5.76 Å². The first-order valence-corrected chi connectivity index (χ1v) is 7.31. The van der Waals surface area contributed by atoms with Gasteiger partial charge in [0.05, 0.1) is 11.4 Å². The predicted molar refractivity (Wildman–Crippen MR) is 74.7 cm³/mol. The number of carbonyl (C=O) groups is 1. The molecule has 1 rings (SSSR count). The predicted octanol–water partition coefficient (Wildman–Crippen LogP) is 2.83. The van der Waals surface area contributed by atoms with E-state index in [1.807, 2.05) is 27.7 Å². The molecular formula is C13H22N2O2S. The van der Waals surface area contributed by atoms with E-state index in [1.54, 1.807) is 11.8 Å². The van der Waals surface area contributed by atoms with Crippen LogP contribution in [0.3, 0.4) is 0 Å². The van der Waals surface area contributed by atoms with Crippen LogP contribution in [0.1, 0.15) is 44.2 Å². The Morgan fingerprint density at radius 1 is 1.44 bits per heavy atom. The van der Waals surface area contributed by atoms with Crippen molar-refractivity contribution in [2.24, 2.45) is 0 Å². The molecule has 0 radical (unpaired) electrons. The van der Waals surface area contributed by atoms with Gasteiger partial charge in [-0.1, -0.05) is 12.1 Å². The van der Waals surface area contributed by atoms with Crippen molar-refractivity contribution in [3.05, 3.63) is 17.0 Å². The highest BCUT2D eigenvalue weighted by molar-refractivity contribution is 7.99. The highest BCUT2D eigenvalue weighted by atomic mass is 32.2. The monoisotopic (exact) mass is 270 g/mol. The van der Waals surface area contributed by atoms with E-state index in [0.29, 0.717) is 5.75 Å². The van der Waals surface area contributed by atoms with Gasteiger partial charge >= 0.3 is 0 Å². The summed E-state index contributed by atoms with van der Waals surface area (Å²) in [6.45, 7) is 9.95. The SMILES string of the molecule is CCC(C)(C)NC(=O)CSCc1c(C)noc1C. The summed E-state index contributed by atoms with van der Waals surface area (Å²) in [6, 6.07) is 0. The third kappa shape index (κ3) is 4.37. The number of nitrogens with zero attached hydrogens (tertiary/aromatic N) is 1. The second-order valence-corrected chi connectivity index (χ2v) is 6.07. The van der Waals surface area contributed by atoms with Gasteiger partial charge in [-0.2, -0.15) is 0 Å². The molecule has 5 heteroatoms. The van der Waals surface area contributed by atoms with Crippen LogP contribution in [0.4, 0.5) is 0 Å². The van der Waals surface area contributed by atoms with Crippen LogP contribution in [-0.2, 0) is 10.5 Å². The first kappa shape index (κ1) is 15.1. The second kappa shape index (κ2) is 6.27. The van der Waals surface area contributed by atoms with Gasteiger partial charge in [-0.3, -0.25) is 4.79 Å². The topological polar surface area (TPSA) is 55.1 Å². The fourth-order valence-corrected chi connectivity index (χ4v) is 2.43. The summed E-state index contributed by atoms with van der Waals surface area (Å²) < 4.78 is 5.09. The van der Waals surface area contributed by atoms with Gasteiger partial charge < -0.3 is 9.84 Å². The Balaban J connectivity index is 2.37. The minimum absolute atomic E-state index is 0.0820. The molecule has 0 saturated heterocycles. The second-order valence-electron chi connectivity index (χ2n) is 5.08. The summed E-state index contributed by atoms with van der Waals surface area (Å²) in [6.07, 6.45) is 0.924. The zero-order chi connectivity index (χ0) is 13.8. The molecule has 0 saturated carbocycles. The summed E-state index contributed by atoms with van der Waals surface area (Å²) in [5.41, 5.74) is 1.89. The van der Waals surface area contributed by atoms with Gasteiger partial charge in [-0.05, 0) is 34.1 Å². The highest BCUT2D eigenvalue weighted by Crippen LogP contribution is 2.19. The molecular weight excluding hydrogens is 248 g/mol. The van der Waals surface area contributed by atoms with Crippen LogP contribution in [0, 0.1) is 13.8 Å². The van der Waals surface area contributed by atoms with Crippen molar-refractivity contribution in [1.29, 1.82) is 0 Å². The van der Waals surface area contributed by atoms with Crippen LogP contribution in [0.15, 0.2) is 4.52 Å². The minimum atomic E-state index is -0.124. The average Bonchev–Trinajstić information content (AvgIpc) is 2.60. The average molecular weight is 270 g/mol. The van der Waals surface area contributed by atoms with Gasteiger partial charge in [0.2, 0.25) is 5.91 Å². The molecule has 1 aromatic rings. The Kier molecular flexibility index (Phi) is 5.26. The number of hydrogen-bond donors (Lipinski definition) is 1. The molecule has 0 aromatic carbocycles. The van der Waals surface area contributed by atoms with E-state index in [4.69, 9.17) is 4.52 Å². The van der Waals surface area contributed by atoms with Crippen LogP contribution < -0.4 is 5.32 Å². The van der Waals surface area contributed by atoms with Crippen molar-refractivity contribution in [1.82, 2.24) is 10.5 Å². The quantitative estimate of drug-likeness (QED) is 0.863. The summed E-state index contributed by atoms with van der Waals surface area (Å²) >= 11 is 1.59. The number of hydrogen-bond acceptors (Lipinski definition) is 4. The van der Waals surface area contributed by atoms with Crippen LogP contribution in [-0.4, -0.2) is 22.4 Å². The minimum Gasteiger partial charge on any atom is -0.361 e. The Bertz CT molecular complexity index is 394. The van der Waals surface area contributed by atoms with Crippen molar-refractivity contribution < 1.29 is 9.32 Å². The van der Waals surface area contributed by atoms with E-state index in [0.717, 1.165) is 29.2 Å². The van der Waals surface area contributed by atoms with Gasteiger partial charge in [0.15, 0.2) is 0 Å². The first-order valence-electron chi connectivity index (χ1n) is 6.16. The third-order valence-corrected chi connectivity index (χ3v) is 3.98. The molecule has 0 spiro atoms. The summed E-state index contributed by atoms with van der Waals surface area (Å²) in [4.78, 5) is 11.7. The van der Waals surface area contributed by atoms with Crippen LogP contribution in [0.25, 0.3) is 0 Å². The van der Waals surface area contributed by atoms with Crippen LogP contribution in [0.5, 0.6) is 0 Å². The van der Waals surface area contributed by atoms with Crippen molar-refractivity contribution >= 4 is 17.7 Å². The lowest BCUT2D eigenvalue weighted by Gasteiger charge is -2.24. The van der Waals surface area contributed by atoms with Crippen molar-refractivity contribution in [3.8, 4) is 0 Å². The number of aromatic nitrogens is 1. The van der Waals surface area contributed by atoms with Gasteiger partial charge in [0, 0.05) is 16.9 Å². The number of rotatable bonds is 6. The van der Waals surface area contributed by atoms with E-state index in [-0.39, 0.29) is 11.4 Å². The summed E-state index contributed by atoms with van der Waals surface area (Å²) in [5.74, 6) is 2.15. The molecule has 1 amide bonds. The zero-order valence-corrected chi connectivity index (χ0v) is 12.6. The van der Waals surface area contributed by atoms with Gasteiger partial charge in [-0.15, -0.1) is 11.8 Å². The largest absolute Gasteiger partial charge is 0.361 e. The van der Waals surface area contributed by atoms with E-state index in [1.165, 1.54) is 0 Å². The van der Waals surface area contributed by atoms with Gasteiger partial charge in [0.25, 0.3) is 0 Å². The lowest BCUT2D eigenvalue weighted by atomic mass is 10.0. The first-order chi connectivity index (χ1) is 8.35. The maximum absolute atomic E-state index is 11.7. The fourth-order valence-electron chi connectivity index (χ4n) is 1.46. The van der Waals surface area contributed by atoms with Crippen LogP contribution in [0.2, 0.25) is 0 Å². The Morgan fingerprint density at radius 2 is 2.11 bits per heavy atom. The molecule has 0 aliphatic heterocycles. The highest BCUT2D eigenvalue weighted by Gasteiger charge is 2.17. The molecule has 0 aliphatic rings. The number of aryl methyl sites for hydroxylation is 2. The number of amides is 1. The van der Waals surface area contributed by atoms with E-state index in [9.17, 15) is 4.79 Å². The molecule has 0 bridgehead atoms. The Hall–Kier alpha value is -0.970. The normalized spacial score (nSPS) is 11.6. The molecule has 0 aliphatic carbocycles. The van der Waals surface area contributed by atoms with E-state index < -0.39 is 0 Å². The molecule has 18 heavy (non-hydrogen) atoms. The lowest BCUT2D eigenvalue weighted by Crippen LogP contribution is -2.43. The maximum Gasteiger partial charge on any atom is 0.230 e. The fraction of sp³-hybridized carbons (Fsp3) is 0.692. The standard InChI is InChI=1S/C13H22N2O2S/c1-6-13(4,5)14-12(16)8-18-7-11-9(2)15-17-10(11)3/h6-8H2,1-5H3,(H,14,16). The van der Waals surface area contributed by atoms with Crippen molar-refractivity contribution in [2.45, 2.75) is 52.3 Å².